The van der Waals surface area contributed by atoms with Gasteiger partial charge in [0.2, 0.25) is 5.91 Å². The number of hydrogen-bond donors (Lipinski definition) is 1. The Morgan fingerprint density at radius 2 is 1.61 bits per heavy atom. The van der Waals surface area contributed by atoms with Gasteiger partial charge in [-0.3, -0.25) is 9.69 Å². The number of hydrogen-bond acceptors (Lipinski definition) is 4. The van der Waals surface area contributed by atoms with Crippen LogP contribution in [0.5, 0.6) is 11.5 Å². The van der Waals surface area contributed by atoms with Crippen LogP contribution in [0.2, 0.25) is 0 Å². The van der Waals surface area contributed by atoms with Gasteiger partial charge in [0.15, 0.2) is 0 Å². The summed E-state index contributed by atoms with van der Waals surface area (Å²) in [6.45, 7) is 0.0531. The summed E-state index contributed by atoms with van der Waals surface area (Å²) in [5.41, 5.74) is 2.02. The summed E-state index contributed by atoms with van der Waals surface area (Å²) < 4.78 is 33.8. The van der Waals surface area contributed by atoms with Crippen molar-refractivity contribution in [3.63, 3.8) is 0 Å². The second-order valence-electron chi connectivity index (χ2n) is 6.50. The van der Waals surface area contributed by atoms with E-state index in [1.54, 1.807) is 19.2 Å². The van der Waals surface area contributed by atoms with Crippen LogP contribution in [-0.4, -0.2) is 44.2 Å². The Morgan fingerprint density at radius 1 is 1.04 bits per heavy atom. The molecule has 0 heterocycles. The highest BCUT2D eigenvalue weighted by Gasteiger charge is 2.17. The molecular formula is C21H26F2N2O3. The molecule has 0 radical (unpaired) electrons. The Labute approximate surface area is 164 Å². The number of carbonyl (C=O) groups is 1. The lowest BCUT2D eigenvalue weighted by atomic mass is 10.1. The number of halogens is 2. The van der Waals surface area contributed by atoms with Gasteiger partial charge in [0.05, 0.1) is 13.2 Å². The number of methoxy groups -OCH3 is 1. The molecule has 28 heavy (non-hydrogen) atoms. The standard InChI is InChI=1S/C21H26F2N2O3/c1-15(20(26)24-13-12-16-4-8-18(27-3)9-5-16)25(2)14-17-6-10-19(11-7-17)28-21(22)23/h4-11,15,21H,12-14H2,1-3H3,(H,24,26). The number of alkyl halides is 2. The Hall–Kier alpha value is -2.67. The largest absolute Gasteiger partial charge is 0.497 e. The van der Waals surface area contributed by atoms with Crippen LogP contribution in [0, 0.1) is 0 Å². The maximum absolute atomic E-state index is 12.4. The molecule has 2 rings (SSSR count). The van der Waals surface area contributed by atoms with Gasteiger partial charge < -0.3 is 14.8 Å². The molecule has 152 valence electrons. The highest BCUT2D eigenvalue weighted by molar-refractivity contribution is 5.81. The molecule has 1 N–H and O–H groups in total. The maximum Gasteiger partial charge on any atom is 0.387 e. The van der Waals surface area contributed by atoms with Gasteiger partial charge in [0.1, 0.15) is 11.5 Å². The van der Waals surface area contributed by atoms with Crippen LogP contribution in [0.3, 0.4) is 0 Å². The van der Waals surface area contributed by atoms with E-state index in [0.29, 0.717) is 13.1 Å². The average molecular weight is 392 g/mol. The van der Waals surface area contributed by atoms with Gasteiger partial charge >= 0.3 is 6.61 Å². The molecule has 1 amide bonds. The fourth-order valence-corrected chi connectivity index (χ4v) is 2.67. The van der Waals surface area contributed by atoms with Crippen molar-refractivity contribution < 1.29 is 23.0 Å². The molecule has 0 saturated carbocycles. The van der Waals surface area contributed by atoms with Crippen molar-refractivity contribution in [2.75, 3.05) is 20.7 Å². The number of nitrogens with zero attached hydrogens (tertiary/aromatic N) is 1. The number of benzene rings is 2. The van der Waals surface area contributed by atoms with Crippen molar-refractivity contribution in [2.45, 2.75) is 32.5 Å². The quantitative estimate of drug-likeness (QED) is 0.673. The topological polar surface area (TPSA) is 50.8 Å². The first-order valence-corrected chi connectivity index (χ1v) is 9.03. The number of rotatable bonds is 10. The van der Waals surface area contributed by atoms with E-state index in [9.17, 15) is 13.6 Å². The summed E-state index contributed by atoms with van der Waals surface area (Å²) in [5, 5.41) is 2.94. The SMILES string of the molecule is COc1ccc(CCNC(=O)C(C)N(C)Cc2ccc(OC(F)F)cc2)cc1. The number of nitrogens with one attached hydrogen (secondary N) is 1. The first kappa shape index (κ1) is 21.6. The fraction of sp³-hybridized carbons (Fsp3) is 0.381. The van der Waals surface area contributed by atoms with Crippen molar-refractivity contribution in [1.82, 2.24) is 10.2 Å². The van der Waals surface area contributed by atoms with Crippen molar-refractivity contribution in [1.29, 1.82) is 0 Å². The van der Waals surface area contributed by atoms with Gasteiger partial charge in [0.25, 0.3) is 0 Å². The molecule has 0 spiro atoms. The van der Waals surface area contributed by atoms with E-state index in [4.69, 9.17) is 4.74 Å². The third kappa shape index (κ3) is 6.81. The van der Waals surface area contributed by atoms with Gasteiger partial charge in [-0.25, -0.2) is 0 Å². The number of likely N-dealkylation sites (N-methyl/N-ethyl adjacent to an activating group) is 1. The summed E-state index contributed by atoms with van der Waals surface area (Å²) in [6, 6.07) is 13.8. The molecule has 2 aromatic rings. The minimum atomic E-state index is -2.84. The predicted octanol–water partition coefficient (Wildman–Crippen LogP) is 3.48. The molecule has 2 aromatic carbocycles. The molecule has 0 aromatic heterocycles. The smallest absolute Gasteiger partial charge is 0.387 e. The van der Waals surface area contributed by atoms with Gasteiger partial charge in [-0.05, 0) is 55.8 Å². The first-order valence-electron chi connectivity index (χ1n) is 9.03. The average Bonchev–Trinajstić information content (AvgIpc) is 2.69. The first-order chi connectivity index (χ1) is 13.4. The summed E-state index contributed by atoms with van der Waals surface area (Å²) in [6.07, 6.45) is 0.734. The van der Waals surface area contributed by atoms with Gasteiger partial charge in [-0.2, -0.15) is 8.78 Å². The second kappa shape index (κ2) is 10.6. The second-order valence-corrected chi connectivity index (χ2v) is 6.50. The lowest BCUT2D eigenvalue weighted by Gasteiger charge is -2.24. The molecule has 1 atom stereocenters. The van der Waals surface area contributed by atoms with Crippen LogP contribution >= 0.6 is 0 Å². The van der Waals surface area contributed by atoms with Crippen LogP contribution in [0.4, 0.5) is 8.78 Å². The van der Waals surface area contributed by atoms with E-state index in [2.05, 4.69) is 10.1 Å². The summed E-state index contributed by atoms with van der Waals surface area (Å²) >= 11 is 0. The molecule has 0 aliphatic heterocycles. The van der Waals surface area contributed by atoms with Crippen molar-refractivity contribution in [2.24, 2.45) is 0 Å². The van der Waals surface area contributed by atoms with E-state index in [0.717, 1.165) is 23.3 Å². The zero-order valence-electron chi connectivity index (χ0n) is 16.3. The third-order valence-electron chi connectivity index (χ3n) is 4.49. The fourth-order valence-electron chi connectivity index (χ4n) is 2.67. The van der Waals surface area contributed by atoms with Crippen LogP contribution in [0.25, 0.3) is 0 Å². The monoisotopic (exact) mass is 392 g/mol. The Bertz CT molecular complexity index is 736. The van der Waals surface area contributed by atoms with E-state index >= 15 is 0 Å². The lowest BCUT2D eigenvalue weighted by molar-refractivity contribution is -0.125. The van der Waals surface area contributed by atoms with Gasteiger partial charge in [0, 0.05) is 13.1 Å². The summed E-state index contributed by atoms with van der Waals surface area (Å²) in [4.78, 5) is 14.3. The maximum atomic E-state index is 12.4. The van der Waals surface area contributed by atoms with Gasteiger partial charge in [-0.15, -0.1) is 0 Å². The van der Waals surface area contributed by atoms with E-state index in [-0.39, 0.29) is 17.7 Å². The zero-order valence-corrected chi connectivity index (χ0v) is 16.3. The number of ether oxygens (including phenoxy) is 2. The Kier molecular flexibility index (Phi) is 8.19. The molecule has 1 unspecified atom stereocenters. The molecule has 0 aliphatic rings. The Morgan fingerprint density at radius 3 is 2.18 bits per heavy atom. The van der Waals surface area contributed by atoms with Crippen molar-refractivity contribution in [3.05, 3.63) is 59.7 Å². The van der Waals surface area contributed by atoms with Gasteiger partial charge in [-0.1, -0.05) is 24.3 Å². The molecule has 0 fully saturated rings. The number of amides is 1. The van der Waals surface area contributed by atoms with E-state index < -0.39 is 6.61 Å². The van der Waals surface area contributed by atoms with Crippen LogP contribution in [-0.2, 0) is 17.8 Å². The normalized spacial score (nSPS) is 12.1. The minimum absolute atomic E-state index is 0.0614. The third-order valence-corrected chi connectivity index (χ3v) is 4.49. The number of carbonyl (C=O) groups excluding carboxylic acids is 1. The molecule has 0 saturated heterocycles. The van der Waals surface area contributed by atoms with E-state index in [1.807, 2.05) is 43.1 Å². The Balaban J connectivity index is 1.77. The molecule has 7 heteroatoms. The van der Waals surface area contributed by atoms with Crippen LogP contribution < -0.4 is 14.8 Å². The van der Waals surface area contributed by atoms with Crippen LogP contribution in [0.1, 0.15) is 18.1 Å². The summed E-state index contributed by atoms with van der Waals surface area (Å²) in [7, 11) is 3.47. The molecular weight excluding hydrogens is 366 g/mol. The van der Waals surface area contributed by atoms with Crippen molar-refractivity contribution in [3.8, 4) is 11.5 Å². The highest BCUT2D eigenvalue weighted by Crippen LogP contribution is 2.16. The minimum Gasteiger partial charge on any atom is -0.497 e. The molecule has 0 aliphatic carbocycles. The van der Waals surface area contributed by atoms with E-state index in [1.165, 1.54) is 12.1 Å². The molecule has 0 bridgehead atoms. The highest BCUT2D eigenvalue weighted by atomic mass is 19.3. The van der Waals surface area contributed by atoms with Crippen LogP contribution in [0.15, 0.2) is 48.5 Å². The zero-order chi connectivity index (χ0) is 20.5. The summed E-state index contributed by atoms with van der Waals surface area (Å²) in [5.74, 6) is 0.858. The lowest BCUT2D eigenvalue weighted by Crippen LogP contribution is -2.43. The molecule has 5 nitrogen and oxygen atoms in total. The predicted molar refractivity (Wildman–Crippen MR) is 104 cm³/mol. The van der Waals surface area contributed by atoms with Crippen molar-refractivity contribution >= 4 is 5.91 Å².